The number of carbonyl (C=O) groups excluding carboxylic acids is 1. The van der Waals surface area contributed by atoms with Crippen LogP contribution in [0.5, 0.6) is 0 Å². The highest BCUT2D eigenvalue weighted by molar-refractivity contribution is 5.81. The van der Waals surface area contributed by atoms with E-state index in [2.05, 4.69) is 11.5 Å². The predicted octanol–water partition coefficient (Wildman–Crippen LogP) is 1.42. The van der Waals surface area contributed by atoms with Crippen LogP contribution in [0.15, 0.2) is 12.7 Å². The van der Waals surface area contributed by atoms with Crippen molar-refractivity contribution in [3.63, 3.8) is 0 Å². The number of hydrogen-bond donors (Lipinski definition) is 0. The third-order valence-electron chi connectivity index (χ3n) is 2.11. The second kappa shape index (κ2) is 8.44. The lowest BCUT2D eigenvalue weighted by molar-refractivity contribution is -0.149. The Morgan fingerprint density at radius 3 is 2.40 bits per heavy atom. The number of esters is 1. The summed E-state index contributed by atoms with van der Waals surface area (Å²) in [4.78, 5) is 13.0. The molecule has 0 aromatic carbocycles. The summed E-state index contributed by atoms with van der Waals surface area (Å²) in [7, 11) is 0. The first-order chi connectivity index (χ1) is 7.19. The zero-order valence-electron chi connectivity index (χ0n) is 9.86. The number of hydrogen-bond acceptors (Lipinski definition) is 4. The van der Waals surface area contributed by atoms with E-state index in [1.807, 2.05) is 20.8 Å². The number of ether oxygens (including phenoxy) is 2. The normalized spacial score (nSPS) is 12.5. The number of likely N-dealkylation sites (N-methyl/N-ethyl adjacent to an activating group) is 1. The van der Waals surface area contributed by atoms with Gasteiger partial charge >= 0.3 is 5.97 Å². The van der Waals surface area contributed by atoms with Crippen molar-refractivity contribution in [2.24, 2.45) is 0 Å². The lowest BCUT2D eigenvalue weighted by Gasteiger charge is -2.28. The monoisotopic (exact) mass is 215 g/mol. The summed E-state index contributed by atoms with van der Waals surface area (Å²) in [6.07, 6.45) is 1.000. The topological polar surface area (TPSA) is 38.8 Å². The Morgan fingerprint density at radius 1 is 1.40 bits per heavy atom. The molecule has 0 heterocycles. The molecule has 4 nitrogen and oxygen atoms in total. The van der Waals surface area contributed by atoms with Gasteiger partial charge in [-0.2, -0.15) is 0 Å². The van der Waals surface area contributed by atoms with Crippen LogP contribution in [0.2, 0.25) is 0 Å². The van der Waals surface area contributed by atoms with E-state index < -0.39 is 5.97 Å². The van der Waals surface area contributed by atoms with Crippen molar-refractivity contribution in [2.45, 2.75) is 27.0 Å². The Bertz CT molecular complexity index is 190. The summed E-state index contributed by atoms with van der Waals surface area (Å²) in [5.41, 5.74) is 0. The average molecular weight is 215 g/mol. The van der Waals surface area contributed by atoms with Gasteiger partial charge in [-0.3, -0.25) is 4.90 Å². The molecule has 0 fully saturated rings. The van der Waals surface area contributed by atoms with Gasteiger partial charge in [0.05, 0.1) is 0 Å². The second-order valence-corrected chi connectivity index (χ2v) is 2.97. The smallest absolute Gasteiger partial charge is 0.330 e. The van der Waals surface area contributed by atoms with Crippen molar-refractivity contribution in [2.75, 3.05) is 26.3 Å². The first kappa shape index (κ1) is 14.1. The summed E-state index contributed by atoms with van der Waals surface area (Å²) in [5, 5.41) is 0. The molecular formula is C11H21NO3. The molecule has 0 aliphatic heterocycles. The van der Waals surface area contributed by atoms with E-state index in [9.17, 15) is 4.79 Å². The molecule has 0 spiro atoms. The zero-order chi connectivity index (χ0) is 11.7. The highest BCUT2D eigenvalue weighted by Crippen LogP contribution is 2.02. The van der Waals surface area contributed by atoms with Crippen LogP contribution in [-0.2, 0) is 14.3 Å². The van der Waals surface area contributed by atoms with Gasteiger partial charge in [-0.25, -0.2) is 4.79 Å². The van der Waals surface area contributed by atoms with Crippen molar-refractivity contribution in [1.82, 2.24) is 4.90 Å². The molecule has 15 heavy (non-hydrogen) atoms. The van der Waals surface area contributed by atoms with Crippen LogP contribution in [0.3, 0.4) is 0 Å². The molecule has 0 saturated carbocycles. The Hall–Kier alpha value is -0.870. The fourth-order valence-corrected chi connectivity index (χ4v) is 1.29. The minimum atomic E-state index is -0.410. The Balaban J connectivity index is 4.12. The standard InChI is InChI=1S/C11H21NO3/c1-5-11(13)15-9-10(14-8-4)12(6-2)7-3/h5,10H,1,6-9H2,2-4H3. The minimum Gasteiger partial charge on any atom is -0.458 e. The molecule has 0 aromatic rings. The maximum absolute atomic E-state index is 10.9. The van der Waals surface area contributed by atoms with Crippen LogP contribution in [0.4, 0.5) is 0 Å². The van der Waals surface area contributed by atoms with E-state index >= 15 is 0 Å². The lowest BCUT2D eigenvalue weighted by atomic mass is 10.4. The quantitative estimate of drug-likeness (QED) is 0.349. The van der Waals surface area contributed by atoms with Crippen LogP contribution in [0.1, 0.15) is 20.8 Å². The van der Waals surface area contributed by atoms with Crippen molar-refractivity contribution >= 4 is 5.97 Å². The summed E-state index contributed by atoms with van der Waals surface area (Å²) in [5.74, 6) is -0.410. The van der Waals surface area contributed by atoms with Crippen LogP contribution >= 0.6 is 0 Å². The molecule has 0 saturated heterocycles. The third-order valence-corrected chi connectivity index (χ3v) is 2.11. The molecule has 0 radical (unpaired) electrons. The predicted molar refractivity (Wildman–Crippen MR) is 59.5 cm³/mol. The van der Waals surface area contributed by atoms with Crippen molar-refractivity contribution in [3.05, 3.63) is 12.7 Å². The molecule has 4 heteroatoms. The van der Waals surface area contributed by atoms with Crippen molar-refractivity contribution < 1.29 is 14.3 Å². The molecule has 1 unspecified atom stereocenters. The zero-order valence-corrected chi connectivity index (χ0v) is 9.86. The van der Waals surface area contributed by atoms with Crippen LogP contribution in [0.25, 0.3) is 0 Å². The van der Waals surface area contributed by atoms with Gasteiger partial charge in [0, 0.05) is 12.7 Å². The van der Waals surface area contributed by atoms with E-state index in [0.29, 0.717) is 6.61 Å². The maximum atomic E-state index is 10.9. The molecule has 1 atom stereocenters. The molecule has 0 bridgehead atoms. The number of carbonyl (C=O) groups is 1. The molecule has 0 amide bonds. The molecular weight excluding hydrogens is 194 g/mol. The Labute approximate surface area is 91.8 Å². The first-order valence-electron chi connectivity index (χ1n) is 5.34. The highest BCUT2D eigenvalue weighted by Gasteiger charge is 2.16. The van der Waals surface area contributed by atoms with Gasteiger partial charge in [0.2, 0.25) is 0 Å². The van der Waals surface area contributed by atoms with Gasteiger partial charge in [0.25, 0.3) is 0 Å². The van der Waals surface area contributed by atoms with E-state index in [0.717, 1.165) is 19.2 Å². The van der Waals surface area contributed by atoms with Crippen LogP contribution < -0.4 is 0 Å². The minimum absolute atomic E-state index is 0.158. The number of nitrogens with zero attached hydrogens (tertiary/aromatic N) is 1. The summed E-state index contributed by atoms with van der Waals surface area (Å²) < 4.78 is 10.5. The van der Waals surface area contributed by atoms with Crippen LogP contribution in [0, 0.1) is 0 Å². The van der Waals surface area contributed by atoms with E-state index in [1.54, 1.807) is 0 Å². The van der Waals surface area contributed by atoms with E-state index in [1.165, 1.54) is 0 Å². The summed E-state index contributed by atoms with van der Waals surface area (Å²) >= 11 is 0. The van der Waals surface area contributed by atoms with Gasteiger partial charge in [-0.05, 0) is 20.0 Å². The second-order valence-electron chi connectivity index (χ2n) is 2.97. The largest absolute Gasteiger partial charge is 0.458 e. The number of rotatable bonds is 8. The average Bonchev–Trinajstić information content (AvgIpc) is 2.26. The van der Waals surface area contributed by atoms with Crippen LogP contribution in [-0.4, -0.2) is 43.4 Å². The van der Waals surface area contributed by atoms with Gasteiger partial charge in [0.1, 0.15) is 12.8 Å². The fourth-order valence-electron chi connectivity index (χ4n) is 1.29. The highest BCUT2D eigenvalue weighted by atomic mass is 16.6. The van der Waals surface area contributed by atoms with Crippen molar-refractivity contribution in [1.29, 1.82) is 0 Å². The van der Waals surface area contributed by atoms with Gasteiger partial charge in [-0.1, -0.05) is 20.4 Å². The first-order valence-corrected chi connectivity index (χ1v) is 5.34. The van der Waals surface area contributed by atoms with E-state index in [4.69, 9.17) is 9.47 Å². The third kappa shape index (κ3) is 5.54. The lowest BCUT2D eigenvalue weighted by Crippen LogP contribution is -2.41. The maximum Gasteiger partial charge on any atom is 0.330 e. The van der Waals surface area contributed by atoms with E-state index in [-0.39, 0.29) is 12.8 Å². The molecule has 88 valence electrons. The molecule has 0 N–H and O–H groups in total. The fraction of sp³-hybridized carbons (Fsp3) is 0.727. The van der Waals surface area contributed by atoms with Gasteiger partial charge in [0.15, 0.2) is 0 Å². The van der Waals surface area contributed by atoms with Crippen molar-refractivity contribution in [3.8, 4) is 0 Å². The van der Waals surface area contributed by atoms with Gasteiger partial charge in [-0.15, -0.1) is 0 Å². The molecule has 0 aromatic heterocycles. The summed E-state index contributed by atoms with van der Waals surface area (Å²) in [6.45, 7) is 11.9. The summed E-state index contributed by atoms with van der Waals surface area (Å²) in [6, 6.07) is 0. The van der Waals surface area contributed by atoms with Gasteiger partial charge < -0.3 is 9.47 Å². The molecule has 0 aliphatic rings. The SMILES string of the molecule is C=CC(=O)OCC(OCC)N(CC)CC. The molecule has 0 rings (SSSR count). The Morgan fingerprint density at radius 2 is 2.00 bits per heavy atom. The Kier molecular flexibility index (Phi) is 7.95. The molecule has 0 aliphatic carbocycles.